The third-order valence-corrected chi connectivity index (χ3v) is 5.83. The van der Waals surface area contributed by atoms with E-state index >= 15 is 0 Å². The molecule has 10 heteroatoms. The Kier molecular flexibility index (Phi) is 9.24. The summed E-state index contributed by atoms with van der Waals surface area (Å²) >= 11 is 1.41. The standard InChI is InChI=1S/C27H31N5O4S/c1-17-11-18(2)13-20(12-17)31-24(34)21-7-6-9-29-25(21)37-16-19-8-10-28-22(14-19)32-23(33)15-30-26(35)36-27(3,4)5/h6-14H,15-16H2,1-5H3,(H,30,35)(H,31,34)(H,28,32,33). The van der Waals surface area contributed by atoms with Crippen LogP contribution in [-0.4, -0.2) is 40.0 Å². The van der Waals surface area contributed by atoms with Gasteiger partial charge in [-0.2, -0.15) is 0 Å². The lowest BCUT2D eigenvalue weighted by atomic mass is 10.1. The van der Waals surface area contributed by atoms with Gasteiger partial charge in [-0.15, -0.1) is 11.8 Å². The summed E-state index contributed by atoms with van der Waals surface area (Å²) in [6, 6.07) is 12.9. The van der Waals surface area contributed by atoms with Gasteiger partial charge in [0.2, 0.25) is 5.91 Å². The van der Waals surface area contributed by atoms with Gasteiger partial charge in [0.15, 0.2) is 0 Å². The molecule has 0 aliphatic heterocycles. The fraction of sp³-hybridized carbons (Fsp3) is 0.296. The quantitative estimate of drug-likeness (QED) is 0.353. The molecular weight excluding hydrogens is 490 g/mol. The molecule has 194 valence electrons. The highest BCUT2D eigenvalue weighted by Gasteiger charge is 2.17. The van der Waals surface area contributed by atoms with Crippen molar-refractivity contribution in [2.45, 2.75) is 51.0 Å². The Morgan fingerprint density at radius 1 is 0.946 bits per heavy atom. The molecule has 0 aliphatic carbocycles. The van der Waals surface area contributed by atoms with Crippen molar-refractivity contribution in [3.63, 3.8) is 0 Å². The fourth-order valence-electron chi connectivity index (χ4n) is 3.36. The summed E-state index contributed by atoms with van der Waals surface area (Å²) in [4.78, 5) is 45.5. The normalized spacial score (nSPS) is 10.9. The van der Waals surface area contributed by atoms with E-state index in [0.29, 0.717) is 22.2 Å². The molecule has 0 fully saturated rings. The molecule has 3 amide bonds. The van der Waals surface area contributed by atoms with Gasteiger partial charge in [0, 0.05) is 23.8 Å². The average molecular weight is 522 g/mol. The Labute approximate surface area is 220 Å². The number of carbonyl (C=O) groups is 3. The minimum atomic E-state index is -0.673. The van der Waals surface area contributed by atoms with Crippen LogP contribution in [0.4, 0.5) is 16.3 Å². The molecule has 1 aromatic carbocycles. The van der Waals surface area contributed by atoms with Crippen molar-refractivity contribution in [3.8, 4) is 0 Å². The third kappa shape index (κ3) is 9.23. The lowest BCUT2D eigenvalue weighted by molar-refractivity contribution is -0.115. The predicted octanol–water partition coefficient (Wildman–Crippen LogP) is 5.10. The van der Waals surface area contributed by atoms with Gasteiger partial charge in [0.1, 0.15) is 23.0 Å². The van der Waals surface area contributed by atoms with Crippen molar-refractivity contribution in [2.75, 3.05) is 17.2 Å². The second-order valence-corrected chi connectivity index (χ2v) is 10.4. The van der Waals surface area contributed by atoms with E-state index in [1.807, 2.05) is 38.1 Å². The summed E-state index contributed by atoms with van der Waals surface area (Å²) in [6.45, 7) is 8.94. The molecule has 37 heavy (non-hydrogen) atoms. The number of amides is 3. The summed E-state index contributed by atoms with van der Waals surface area (Å²) in [5.41, 5.74) is 3.57. The number of carbonyl (C=O) groups excluding carboxylic acids is 3. The number of pyridine rings is 2. The van der Waals surface area contributed by atoms with Crippen molar-refractivity contribution < 1.29 is 19.1 Å². The molecule has 0 aliphatic rings. The number of nitrogens with zero attached hydrogens (tertiary/aromatic N) is 2. The molecule has 0 bridgehead atoms. The first-order valence-electron chi connectivity index (χ1n) is 11.7. The maximum atomic E-state index is 13.0. The number of aryl methyl sites for hydroxylation is 2. The van der Waals surface area contributed by atoms with Crippen LogP contribution in [0.5, 0.6) is 0 Å². The summed E-state index contributed by atoms with van der Waals surface area (Å²) in [7, 11) is 0. The molecule has 0 atom stereocenters. The minimum Gasteiger partial charge on any atom is -0.444 e. The average Bonchev–Trinajstić information content (AvgIpc) is 2.80. The molecule has 3 rings (SSSR count). The number of aromatic nitrogens is 2. The molecule has 3 N–H and O–H groups in total. The molecule has 0 saturated carbocycles. The molecule has 0 spiro atoms. The van der Waals surface area contributed by atoms with Gasteiger partial charge in [-0.1, -0.05) is 6.07 Å². The molecule has 9 nitrogen and oxygen atoms in total. The SMILES string of the molecule is Cc1cc(C)cc(NC(=O)c2cccnc2SCc2ccnc(NC(=O)CNC(=O)OC(C)(C)C)c2)c1. The summed E-state index contributed by atoms with van der Waals surface area (Å²) in [5, 5.41) is 8.61. The van der Waals surface area contributed by atoms with Crippen molar-refractivity contribution in [1.29, 1.82) is 0 Å². The Hall–Kier alpha value is -3.92. The van der Waals surface area contributed by atoms with Crippen molar-refractivity contribution in [1.82, 2.24) is 15.3 Å². The molecule has 2 aromatic heterocycles. The third-order valence-electron chi connectivity index (χ3n) is 4.75. The van der Waals surface area contributed by atoms with Crippen LogP contribution in [0.15, 0.2) is 59.9 Å². The second kappa shape index (κ2) is 12.4. The zero-order valence-electron chi connectivity index (χ0n) is 21.5. The molecule has 0 unspecified atom stereocenters. The van der Waals surface area contributed by atoms with E-state index in [2.05, 4.69) is 25.9 Å². The van der Waals surface area contributed by atoms with Crippen molar-refractivity contribution in [2.24, 2.45) is 0 Å². The van der Waals surface area contributed by atoms with Gasteiger partial charge in [0.25, 0.3) is 5.91 Å². The zero-order valence-corrected chi connectivity index (χ0v) is 22.4. The van der Waals surface area contributed by atoms with Crippen LogP contribution >= 0.6 is 11.8 Å². The van der Waals surface area contributed by atoms with Gasteiger partial charge in [0.05, 0.1) is 5.56 Å². The largest absolute Gasteiger partial charge is 0.444 e. The number of alkyl carbamates (subject to hydrolysis) is 1. The highest BCUT2D eigenvalue weighted by molar-refractivity contribution is 7.98. The highest BCUT2D eigenvalue weighted by atomic mass is 32.2. The van der Waals surface area contributed by atoms with E-state index < -0.39 is 17.6 Å². The Morgan fingerprint density at radius 2 is 1.68 bits per heavy atom. The Balaban J connectivity index is 1.59. The molecule has 3 aromatic rings. The predicted molar refractivity (Wildman–Crippen MR) is 145 cm³/mol. The number of thioether (sulfide) groups is 1. The van der Waals surface area contributed by atoms with Crippen LogP contribution in [0.1, 0.15) is 47.8 Å². The van der Waals surface area contributed by atoms with Crippen LogP contribution in [-0.2, 0) is 15.3 Å². The van der Waals surface area contributed by atoms with Gasteiger partial charge >= 0.3 is 6.09 Å². The molecule has 0 radical (unpaired) electrons. The van der Waals surface area contributed by atoms with Crippen LogP contribution in [0.2, 0.25) is 0 Å². The highest BCUT2D eigenvalue weighted by Crippen LogP contribution is 2.26. The van der Waals surface area contributed by atoms with Crippen LogP contribution in [0.3, 0.4) is 0 Å². The van der Waals surface area contributed by atoms with Gasteiger partial charge in [-0.25, -0.2) is 14.8 Å². The first-order chi connectivity index (χ1) is 17.5. The number of hydrogen-bond acceptors (Lipinski definition) is 7. The number of benzene rings is 1. The maximum Gasteiger partial charge on any atom is 0.408 e. The van der Waals surface area contributed by atoms with E-state index in [0.717, 1.165) is 22.4 Å². The van der Waals surface area contributed by atoms with E-state index in [-0.39, 0.29) is 12.5 Å². The maximum absolute atomic E-state index is 13.0. The lowest BCUT2D eigenvalue weighted by Crippen LogP contribution is -2.37. The van der Waals surface area contributed by atoms with E-state index in [9.17, 15) is 14.4 Å². The number of anilines is 2. The number of rotatable bonds is 8. The Morgan fingerprint density at radius 3 is 2.38 bits per heavy atom. The van der Waals surface area contributed by atoms with Crippen LogP contribution < -0.4 is 16.0 Å². The first kappa shape index (κ1) is 27.7. The fourth-order valence-corrected chi connectivity index (χ4v) is 4.30. The summed E-state index contributed by atoms with van der Waals surface area (Å²) in [6.07, 6.45) is 2.55. The monoisotopic (exact) mass is 521 g/mol. The van der Waals surface area contributed by atoms with Gasteiger partial charge in [-0.05, 0) is 87.7 Å². The van der Waals surface area contributed by atoms with Crippen LogP contribution in [0.25, 0.3) is 0 Å². The smallest absolute Gasteiger partial charge is 0.408 e. The summed E-state index contributed by atoms with van der Waals surface area (Å²) < 4.78 is 5.12. The van der Waals surface area contributed by atoms with Gasteiger partial charge < -0.3 is 20.7 Å². The zero-order chi connectivity index (χ0) is 27.0. The topological polar surface area (TPSA) is 122 Å². The number of hydrogen-bond donors (Lipinski definition) is 3. The van der Waals surface area contributed by atoms with Crippen molar-refractivity contribution >= 4 is 41.2 Å². The van der Waals surface area contributed by atoms with Crippen LogP contribution in [0, 0.1) is 13.8 Å². The minimum absolute atomic E-state index is 0.235. The summed E-state index contributed by atoms with van der Waals surface area (Å²) in [5.74, 6) is 0.185. The molecule has 0 saturated heterocycles. The van der Waals surface area contributed by atoms with Gasteiger partial charge in [-0.3, -0.25) is 9.59 Å². The van der Waals surface area contributed by atoms with Crippen molar-refractivity contribution in [3.05, 3.63) is 77.1 Å². The number of nitrogens with one attached hydrogen (secondary N) is 3. The van der Waals surface area contributed by atoms with E-state index in [1.165, 1.54) is 11.8 Å². The molecular formula is C27H31N5O4S. The number of ether oxygens (including phenoxy) is 1. The van der Waals surface area contributed by atoms with E-state index in [4.69, 9.17) is 4.74 Å². The second-order valence-electron chi connectivity index (χ2n) is 9.43. The van der Waals surface area contributed by atoms with E-state index in [1.54, 1.807) is 51.4 Å². The lowest BCUT2D eigenvalue weighted by Gasteiger charge is -2.19. The Bertz CT molecular complexity index is 1270. The molecule has 2 heterocycles. The first-order valence-corrected chi connectivity index (χ1v) is 12.7.